The van der Waals surface area contributed by atoms with Crippen molar-refractivity contribution in [2.45, 2.75) is 5.41 Å². The number of rotatable bonds is 3. The van der Waals surface area contributed by atoms with Crippen LogP contribution < -0.4 is 14.0 Å². The molecule has 3 aromatic heterocycles. The second kappa shape index (κ2) is 10.9. The van der Waals surface area contributed by atoms with Crippen molar-refractivity contribution in [2.24, 2.45) is 7.05 Å². The highest BCUT2D eigenvalue weighted by Crippen LogP contribution is 2.61. The van der Waals surface area contributed by atoms with Crippen molar-refractivity contribution in [3.63, 3.8) is 0 Å². The molecule has 2 aliphatic heterocycles. The number of nitrogens with zero attached hydrogens (tertiary/aromatic N) is 6. The minimum Gasteiger partial charge on any atom is -0.458 e. The van der Waals surface area contributed by atoms with E-state index in [4.69, 9.17) is 9.47 Å². The summed E-state index contributed by atoms with van der Waals surface area (Å²) in [6.07, 6.45) is 5.34. The molecule has 54 heavy (non-hydrogen) atoms. The van der Waals surface area contributed by atoms with Crippen LogP contribution in [0.25, 0.3) is 44.3 Å². The fourth-order valence-corrected chi connectivity index (χ4v) is 8.85. The van der Waals surface area contributed by atoms with Gasteiger partial charge in [0.25, 0.3) is 0 Å². The maximum absolute atomic E-state index is 10.6. The van der Waals surface area contributed by atoms with Crippen molar-refractivity contribution >= 4 is 32.8 Å². The van der Waals surface area contributed by atoms with Gasteiger partial charge in [0.1, 0.15) is 28.8 Å². The molecule has 1 spiro atoms. The standard InChI is InChI=1S/C46H26N6O2/c1-50-27-51-39-24-31(53-30-18-20-33-32-11-2-3-13-36(32)52(38(33)23-30)42-17-4-5-22-49-42)19-21-34(39)46(35-12-8-14-37(50)45(35)51)43-28(25-47)9-6-15-40(43)54-41-16-7-10-29(26-48)44(41)46/h2-24H,1H3. The highest BCUT2D eigenvalue weighted by atomic mass is 16.5. The summed E-state index contributed by atoms with van der Waals surface area (Å²) < 4.78 is 19.5. The van der Waals surface area contributed by atoms with Gasteiger partial charge < -0.3 is 18.6 Å². The Hall–Kier alpha value is -7.68. The summed E-state index contributed by atoms with van der Waals surface area (Å²) in [7, 11) is 1.98. The first-order valence-electron chi connectivity index (χ1n) is 17.6. The Morgan fingerprint density at radius 2 is 1.41 bits per heavy atom. The molecule has 0 atom stereocenters. The van der Waals surface area contributed by atoms with Gasteiger partial charge in [-0.25, -0.2) is 4.98 Å². The maximum Gasteiger partial charge on any atom is 0.244 e. The predicted octanol–water partition coefficient (Wildman–Crippen LogP) is 9.08. The van der Waals surface area contributed by atoms with Gasteiger partial charge in [0.15, 0.2) is 0 Å². The van der Waals surface area contributed by atoms with Crippen molar-refractivity contribution < 1.29 is 14.0 Å². The first-order chi connectivity index (χ1) is 26.6. The molecular formula is C46H26N6O2. The molecule has 0 fully saturated rings. The maximum atomic E-state index is 10.6. The van der Waals surface area contributed by atoms with Crippen LogP contribution in [-0.4, -0.2) is 14.1 Å². The fourth-order valence-electron chi connectivity index (χ4n) is 8.85. The quantitative estimate of drug-likeness (QED) is 0.136. The van der Waals surface area contributed by atoms with E-state index in [0.717, 1.165) is 55.5 Å². The molecule has 0 saturated heterocycles. The molecule has 0 saturated carbocycles. The Kier molecular flexibility index (Phi) is 6.06. The molecule has 8 heteroatoms. The predicted molar refractivity (Wildman–Crippen MR) is 203 cm³/mol. The lowest BCUT2D eigenvalue weighted by atomic mass is 9.60. The first kappa shape index (κ1) is 30.0. The van der Waals surface area contributed by atoms with Gasteiger partial charge in [-0.05, 0) is 77.9 Å². The van der Waals surface area contributed by atoms with Crippen molar-refractivity contribution in [2.75, 3.05) is 0 Å². The van der Waals surface area contributed by atoms with Crippen LogP contribution in [-0.2, 0) is 12.5 Å². The summed E-state index contributed by atoms with van der Waals surface area (Å²) in [5.74, 6) is 3.26. The fraction of sp³-hybridized carbons (Fsp3) is 0.0435. The second-order valence-electron chi connectivity index (χ2n) is 13.6. The van der Waals surface area contributed by atoms with Gasteiger partial charge >= 0.3 is 0 Å². The number of benzene rings is 6. The van der Waals surface area contributed by atoms with E-state index in [-0.39, 0.29) is 0 Å². The third-order valence-corrected chi connectivity index (χ3v) is 10.9. The number of imidazole rings is 1. The van der Waals surface area contributed by atoms with Gasteiger partial charge in [-0.1, -0.05) is 60.7 Å². The largest absolute Gasteiger partial charge is 0.458 e. The zero-order valence-corrected chi connectivity index (χ0v) is 28.8. The molecule has 8 nitrogen and oxygen atoms in total. The lowest BCUT2D eigenvalue weighted by Crippen LogP contribution is -2.39. The van der Waals surface area contributed by atoms with Crippen LogP contribution in [0.1, 0.15) is 33.4 Å². The molecule has 2 aliphatic rings. The number of aromatic nitrogens is 4. The van der Waals surface area contributed by atoms with Crippen molar-refractivity contribution in [3.05, 3.63) is 179 Å². The number of para-hydroxylation sites is 2. The minimum atomic E-state index is -1.08. The molecule has 0 aliphatic carbocycles. The summed E-state index contributed by atoms with van der Waals surface area (Å²) in [6, 6.07) is 48.7. The van der Waals surface area contributed by atoms with Gasteiger partial charge in [0, 0.05) is 34.2 Å². The molecule has 0 bridgehead atoms. The van der Waals surface area contributed by atoms with E-state index >= 15 is 0 Å². The Balaban J connectivity index is 1.17. The van der Waals surface area contributed by atoms with Crippen LogP contribution >= 0.6 is 0 Å². The van der Waals surface area contributed by atoms with Crippen molar-refractivity contribution in [1.29, 1.82) is 10.5 Å². The Bertz CT molecular complexity index is 3100. The van der Waals surface area contributed by atoms with E-state index < -0.39 is 5.41 Å². The lowest BCUT2D eigenvalue weighted by Gasteiger charge is -2.46. The number of ether oxygens (including phenoxy) is 2. The average molecular weight is 695 g/mol. The van der Waals surface area contributed by atoms with Crippen LogP contribution in [0.15, 0.2) is 140 Å². The topological polar surface area (TPSA) is 92.7 Å². The van der Waals surface area contributed by atoms with Gasteiger partial charge in [-0.15, -0.1) is 0 Å². The first-order valence-corrected chi connectivity index (χ1v) is 17.6. The summed E-state index contributed by atoms with van der Waals surface area (Å²) in [6.45, 7) is 0. The minimum absolute atomic E-state index is 0.471. The van der Waals surface area contributed by atoms with E-state index in [9.17, 15) is 10.5 Å². The van der Waals surface area contributed by atoms with Gasteiger partial charge in [-0.3, -0.25) is 4.57 Å². The number of pyridine rings is 1. The van der Waals surface area contributed by atoms with Crippen LogP contribution in [0.3, 0.4) is 0 Å². The van der Waals surface area contributed by atoms with E-state index in [1.54, 1.807) is 6.20 Å². The van der Waals surface area contributed by atoms with E-state index in [1.165, 1.54) is 0 Å². The number of nitriles is 2. The molecule has 252 valence electrons. The molecule has 0 N–H and O–H groups in total. The summed E-state index contributed by atoms with van der Waals surface area (Å²) >= 11 is 0. The Morgan fingerprint density at radius 1 is 0.704 bits per heavy atom. The molecule has 9 aromatic rings. The third-order valence-electron chi connectivity index (χ3n) is 10.9. The van der Waals surface area contributed by atoms with E-state index in [2.05, 4.69) is 81.1 Å². The highest BCUT2D eigenvalue weighted by Gasteiger charge is 2.52. The monoisotopic (exact) mass is 694 g/mol. The van der Waals surface area contributed by atoms with E-state index in [0.29, 0.717) is 45.3 Å². The van der Waals surface area contributed by atoms with Crippen molar-refractivity contribution in [3.8, 4) is 46.6 Å². The molecule has 5 heterocycles. The summed E-state index contributed by atoms with van der Waals surface area (Å²) in [5, 5.41) is 23.5. The Labute approximate surface area is 309 Å². The number of aryl methyl sites for hydroxylation is 1. The average Bonchev–Trinajstić information content (AvgIpc) is 3.74. The molecule has 11 rings (SSSR count). The number of hydrogen-bond donors (Lipinski definition) is 0. The Morgan fingerprint density at radius 3 is 2.17 bits per heavy atom. The zero-order valence-electron chi connectivity index (χ0n) is 28.8. The van der Waals surface area contributed by atoms with Gasteiger partial charge in [-0.2, -0.15) is 10.5 Å². The third kappa shape index (κ3) is 3.83. The number of fused-ring (bicyclic) bond motifs is 11. The SMILES string of the molecule is C[n+]1[c-]n2c3c(cccc31)C1(c3ccc(Oc4ccc5c6ccccc6n(-c6ccccn6)c5c4)cc3-2)c2c(C#N)cccc2Oc2cccc(C#N)c21. The van der Waals surface area contributed by atoms with Crippen LogP contribution in [0.5, 0.6) is 23.0 Å². The van der Waals surface area contributed by atoms with Gasteiger partial charge in [0.05, 0.1) is 63.5 Å². The summed E-state index contributed by atoms with van der Waals surface area (Å²) in [4.78, 5) is 4.69. The van der Waals surface area contributed by atoms with Crippen LogP contribution in [0.2, 0.25) is 0 Å². The normalized spacial score (nSPS) is 13.2. The smallest absolute Gasteiger partial charge is 0.244 e. The van der Waals surface area contributed by atoms with Gasteiger partial charge in [0.2, 0.25) is 6.33 Å². The lowest BCUT2D eigenvalue weighted by molar-refractivity contribution is -0.649. The highest BCUT2D eigenvalue weighted by molar-refractivity contribution is 6.09. The number of hydrogen-bond acceptors (Lipinski definition) is 5. The molecular weight excluding hydrogens is 669 g/mol. The summed E-state index contributed by atoms with van der Waals surface area (Å²) in [5.41, 5.74) is 7.82. The van der Waals surface area contributed by atoms with E-state index in [1.807, 2.05) is 96.5 Å². The molecule has 0 unspecified atom stereocenters. The van der Waals surface area contributed by atoms with Crippen molar-refractivity contribution in [1.82, 2.24) is 14.1 Å². The van der Waals surface area contributed by atoms with Crippen LogP contribution in [0.4, 0.5) is 0 Å². The van der Waals surface area contributed by atoms with Crippen LogP contribution in [0, 0.1) is 29.0 Å². The molecule has 0 amide bonds. The second-order valence-corrected chi connectivity index (χ2v) is 13.6. The zero-order chi connectivity index (χ0) is 36.1. The molecule has 0 radical (unpaired) electrons. The molecule has 6 aromatic carbocycles.